The normalized spacial score (nSPS) is 10.7. The Morgan fingerprint density at radius 3 is 2.55 bits per heavy atom. The van der Waals surface area contributed by atoms with Gasteiger partial charge in [0.1, 0.15) is 7.85 Å². The summed E-state index contributed by atoms with van der Waals surface area (Å²) in [5.74, 6) is 0. The van der Waals surface area contributed by atoms with Crippen LogP contribution in [0, 0.1) is 6.92 Å². The highest BCUT2D eigenvalue weighted by molar-refractivity contribution is 6.33. The number of benzene rings is 2. The third-order valence-corrected chi connectivity index (χ3v) is 3.64. The van der Waals surface area contributed by atoms with Gasteiger partial charge in [0.15, 0.2) is 0 Å². The van der Waals surface area contributed by atoms with Crippen LogP contribution in [-0.4, -0.2) is 17.4 Å². The molecule has 20 heavy (non-hydrogen) atoms. The second-order valence-corrected chi connectivity index (χ2v) is 4.93. The minimum absolute atomic E-state index is 0.113. The molecule has 1 heterocycles. The van der Waals surface area contributed by atoms with Gasteiger partial charge in [0, 0.05) is 6.20 Å². The van der Waals surface area contributed by atoms with Gasteiger partial charge in [-0.1, -0.05) is 47.9 Å². The van der Waals surface area contributed by atoms with E-state index in [2.05, 4.69) is 18.9 Å². The molecule has 4 heteroatoms. The molecule has 0 aliphatic carbocycles. The molecule has 2 aromatic carbocycles. The Hall–Kier alpha value is -2.49. The Kier molecular flexibility index (Phi) is 3.07. The SMILES string of the molecule is Bc1cccc(-n2cc(-c3ccccc3)[nH]c2=O)c1C. The predicted molar refractivity (Wildman–Crippen MR) is 84.7 cm³/mol. The number of imidazole rings is 1. The van der Waals surface area contributed by atoms with Crippen molar-refractivity contribution in [3.05, 3.63) is 70.8 Å². The van der Waals surface area contributed by atoms with Gasteiger partial charge in [-0.25, -0.2) is 4.79 Å². The van der Waals surface area contributed by atoms with Crippen molar-refractivity contribution in [2.45, 2.75) is 6.92 Å². The summed E-state index contributed by atoms with van der Waals surface area (Å²) in [6, 6.07) is 15.8. The van der Waals surface area contributed by atoms with Crippen LogP contribution in [0.5, 0.6) is 0 Å². The molecule has 0 spiro atoms. The Labute approximate surface area is 118 Å². The van der Waals surface area contributed by atoms with E-state index in [1.807, 2.05) is 55.6 Å². The maximum atomic E-state index is 12.2. The smallest absolute Gasteiger partial charge is 0.305 e. The Morgan fingerprint density at radius 1 is 1.05 bits per heavy atom. The Morgan fingerprint density at radius 2 is 1.80 bits per heavy atom. The zero-order valence-electron chi connectivity index (χ0n) is 11.6. The average molecular weight is 262 g/mol. The van der Waals surface area contributed by atoms with E-state index >= 15 is 0 Å². The molecule has 0 saturated carbocycles. The van der Waals surface area contributed by atoms with Gasteiger partial charge in [-0.3, -0.25) is 4.57 Å². The van der Waals surface area contributed by atoms with Crippen molar-refractivity contribution in [3.8, 4) is 16.9 Å². The largest absolute Gasteiger partial charge is 0.330 e. The van der Waals surface area contributed by atoms with E-state index in [1.165, 1.54) is 5.46 Å². The lowest BCUT2D eigenvalue weighted by Crippen LogP contribution is -2.18. The molecule has 3 nitrogen and oxygen atoms in total. The standard InChI is InChI=1S/C16H15BN2O/c1-11-13(17)8-5-9-15(11)19-10-14(18-16(19)20)12-6-3-2-4-7-12/h2-10H,17H2,1H3,(H,18,20). The third-order valence-electron chi connectivity index (χ3n) is 3.64. The summed E-state index contributed by atoms with van der Waals surface area (Å²) < 4.78 is 1.67. The molecule has 0 atom stereocenters. The van der Waals surface area contributed by atoms with Gasteiger partial charge in [0.2, 0.25) is 0 Å². The molecule has 0 amide bonds. The number of H-pyrrole nitrogens is 1. The van der Waals surface area contributed by atoms with E-state index in [-0.39, 0.29) is 5.69 Å². The lowest BCUT2D eigenvalue weighted by atomic mass is 9.90. The van der Waals surface area contributed by atoms with Crippen molar-refractivity contribution in [2.75, 3.05) is 0 Å². The first-order chi connectivity index (χ1) is 9.66. The third kappa shape index (κ3) is 2.09. The van der Waals surface area contributed by atoms with Crippen LogP contribution < -0.4 is 11.2 Å². The van der Waals surface area contributed by atoms with Gasteiger partial charge in [-0.2, -0.15) is 0 Å². The predicted octanol–water partition coefficient (Wildman–Crippen LogP) is 1.40. The minimum atomic E-state index is -0.113. The van der Waals surface area contributed by atoms with Crippen molar-refractivity contribution in [1.29, 1.82) is 0 Å². The molecule has 0 aliphatic heterocycles. The van der Waals surface area contributed by atoms with Crippen molar-refractivity contribution in [3.63, 3.8) is 0 Å². The molecule has 3 aromatic rings. The number of aromatic amines is 1. The number of hydrogen-bond acceptors (Lipinski definition) is 1. The Bertz CT molecular complexity index is 803. The van der Waals surface area contributed by atoms with Crippen LogP contribution in [0.4, 0.5) is 0 Å². The number of nitrogens with zero attached hydrogens (tertiary/aromatic N) is 1. The first kappa shape index (κ1) is 12.5. The van der Waals surface area contributed by atoms with Crippen LogP contribution in [0.15, 0.2) is 59.5 Å². The minimum Gasteiger partial charge on any atom is -0.305 e. The summed E-state index contributed by atoms with van der Waals surface area (Å²) in [5.41, 5.74) is 4.95. The van der Waals surface area contributed by atoms with Crippen LogP contribution in [0.25, 0.3) is 16.9 Å². The van der Waals surface area contributed by atoms with Crippen LogP contribution in [0.2, 0.25) is 0 Å². The van der Waals surface area contributed by atoms with Crippen molar-refractivity contribution >= 4 is 13.3 Å². The Balaban J connectivity index is 2.15. The molecule has 1 N–H and O–H groups in total. The first-order valence-electron chi connectivity index (χ1n) is 6.60. The zero-order chi connectivity index (χ0) is 14.1. The van der Waals surface area contributed by atoms with E-state index in [0.29, 0.717) is 0 Å². The fourth-order valence-corrected chi connectivity index (χ4v) is 2.34. The van der Waals surface area contributed by atoms with Gasteiger partial charge >= 0.3 is 5.69 Å². The highest BCUT2D eigenvalue weighted by Crippen LogP contribution is 2.17. The molecule has 1 aromatic heterocycles. The molecule has 0 bridgehead atoms. The topological polar surface area (TPSA) is 37.8 Å². The summed E-state index contributed by atoms with van der Waals surface area (Å²) >= 11 is 0. The molecule has 3 rings (SSSR count). The lowest BCUT2D eigenvalue weighted by molar-refractivity contribution is 0.978. The fourth-order valence-electron chi connectivity index (χ4n) is 2.34. The van der Waals surface area contributed by atoms with E-state index in [1.54, 1.807) is 4.57 Å². The van der Waals surface area contributed by atoms with Crippen LogP contribution in [-0.2, 0) is 0 Å². The molecule has 0 saturated heterocycles. The molecule has 0 radical (unpaired) electrons. The van der Waals surface area contributed by atoms with Gasteiger partial charge in [-0.15, -0.1) is 0 Å². The summed E-state index contributed by atoms with van der Waals surface area (Å²) in [5, 5.41) is 0. The second-order valence-electron chi connectivity index (χ2n) is 4.93. The van der Waals surface area contributed by atoms with Gasteiger partial charge < -0.3 is 4.98 Å². The van der Waals surface area contributed by atoms with E-state index in [0.717, 1.165) is 22.5 Å². The van der Waals surface area contributed by atoms with Gasteiger partial charge in [0.25, 0.3) is 0 Å². The summed E-state index contributed by atoms with van der Waals surface area (Å²) in [4.78, 5) is 15.1. The highest BCUT2D eigenvalue weighted by atomic mass is 16.1. The number of nitrogens with one attached hydrogen (secondary N) is 1. The highest BCUT2D eigenvalue weighted by Gasteiger charge is 2.09. The second kappa shape index (κ2) is 4.89. The average Bonchev–Trinajstić information content (AvgIpc) is 2.85. The van der Waals surface area contributed by atoms with Crippen LogP contribution in [0.3, 0.4) is 0 Å². The summed E-state index contributed by atoms with van der Waals surface area (Å²) in [6.07, 6.45) is 1.86. The number of aromatic nitrogens is 2. The van der Waals surface area contributed by atoms with E-state index in [4.69, 9.17) is 0 Å². The molecule has 0 unspecified atom stereocenters. The van der Waals surface area contributed by atoms with Crippen molar-refractivity contribution in [2.24, 2.45) is 0 Å². The van der Waals surface area contributed by atoms with Crippen molar-refractivity contribution in [1.82, 2.24) is 9.55 Å². The quantitative estimate of drug-likeness (QED) is 0.696. The zero-order valence-corrected chi connectivity index (χ0v) is 11.6. The van der Waals surface area contributed by atoms with E-state index in [9.17, 15) is 4.79 Å². The molecule has 98 valence electrons. The molecule has 0 fully saturated rings. The lowest BCUT2D eigenvalue weighted by Gasteiger charge is -2.08. The van der Waals surface area contributed by atoms with Crippen molar-refractivity contribution < 1.29 is 0 Å². The number of hydrogen-bond donors (Lipinski definition) is 1. The van der Waals surface area contributed by atoms with Crippen LogP contribution in [0.1, 0.15) is 5.56 Å². The fraction of sp³-hybridized carbons (Fsp3) is 0.0625. The monoisotopic (exact) mass is 262 g/mol. The van der Waals surface area contributed by atoms with E-state index < -0.39 is 0 Å². The first-order valence-corrected chi connectivity index (χ1v) is 6.60. The van der Waals surface area contributed by atoms with Gasteiger partial charge in [0.05, 0.1) is 11.4 Å². The maximum Gasteiger partial charge on any atom is 0.330 e. The number of rotatable bonds is 2. The molecular weight excluding hydrogens is 247 g/mol. The van der Waals surface area contributed by atoms with Crippen LogP contribution >= 0.6 is 0 Å². The summed E-state index contributed by atoms with van der Waals surface area (Å²) in [6.45, 7) is 2.03. The van der Waals surface area contributed by atoms with Gasteiger partial charge in [-0.05, 0) is 24.1 Å². The molecule has 0 aliphatic rings. The summed E-state index contributed by atoms with van der Waals surface area (Å²) in [7, 11) is 2.05. The molecular formula is C16H15BN2O. The maximum absolute atomic E-state index is 12.2.